The van der Waals surface area contributed by atoms with Crippen LogP contribution in [-0.2, 0) is 4.74 Å². The Morgan fingerprint density at radius 1 is 1.23 bits per heavy atom. The molecular formula is C26H31FN6O2. The van der Waals surface area contributed by atoms with E-state index in [4.69, 9.17) is 9.72 Å². The molecule has 1 aromatic carbocycles. The van der Waals surface area contributed by atoms with Crippen LogP contribution < -0.4 is 9.80 Å². The largest absolute Gasteiger partial charge is 0.443 e. The number of benzene rings is 1. The third-order valence-corrected chi connectivity index (χ3v) is 6.43. The lowest BCUT2D eigenvalue weighted by atomic mass is 10.1. The molecule has 184 valence electrons. The molecule has 0 N–H and O–H groups in total. The summed E-state index contributed by atoms with van der Waals surface area (Å²) in [4.78, 5) is 28.1. The van der Waals surface area contributed by atoms with E-state index in [0.29, 0.717) is 24.5 Å². The summed E-state index contributed by atoms with van der Waals surface area (Å²) >= 11 is 0. The molecule has 0 bridgehead atoms. The topological polar surface area (TPSA) is 66.7 Å². The molecule has 4 heterocycles. The van der Waals surface area contributed by atoms with Gasteiger partial charge in [-0.1, -0.05) is 12.6 Å². The quantitative estimate of drug-likeness (QED) is 0.542. The van der Waals surface area contributed by atoms with Crippen LogP contribution in [0.15, 0.2) is 49.1 Å². The minimum absolute atomic E-state index is 0.0344. The van der Waals surface area contributed by atoms with Gasteiger partial charge in [-0.15, -0.1) is 0 Å². The number of carbonyl (C=O) groups excluding carboxylic acids is 1. The fraction of sp³-hybridized carbons (Fsp3) is 0.423. The second-order valence-electron chi connectivity index (χ2n) is 10.2. The zero-order chi connectivity index (χ0) is 24.9. The fourth-order valence-corrected chi connectivity index (χ4v) is 4.60. The van der Waals surface area contributed by atoms with Gasteiger partial charge in [-0.05, 0) is 52.3 Å². The molecule has 8 nitrogen and oxygen atoms in total. The first-order valence-electron chi connectivity index (χ1n) is 11.9. The summed E-state index contributed by atoms with van der Waals surface area (Å²) in [5.74, 6) is 0.483. The predicted molar refractivity (Wildman–Crippen MR) is 135 cm³/mol. The summed E-state index contributed by atoms with van der Waals surface area (Å²) in [5, 5.41) is 0.918. The van der Waals surface area contributed by atoms with Crippen LogP contribution in [0.1, 0.15) is 34.1 Å². The van der Waals surface area contributed by atoms with E-state index in [2.05, 4.69) is 28.3 Å². The number of aromatic nitrogens is 3. The molecule has 3 aromatic rings. The van der Waals surface area contributed by atoms with Crippen LogP contribution >= 0.6 is 0 Å². The molecule has 0 aliphatic carbocycles. The molecule has 2 saturated heterocycles. The summed E-state index contributed by atoms with van der Waals surface area (Å²) < 4.78 is 21.6. The molecule has 5 rings (SSSR count). The Morgan fingerprint density at radius 2 is 2.00 bits per heavy atom. The number of halogens is 1. The summed E-state index contributed by atoms with van der Waals surface area (Å²) in [6.45, 7) is 14.5. The van der Waals surface area contributed by atoms with Crippen molar-refractivity contribution in [2.75, 3.05) is 36.0 Å². The normalized spacial score (nSPS) is 18.7. The van der Waals surface area contributed by atoms with Crippen LogP contribution in [0.4, 0.5) is 20.7 Å². The molecule has 2 fully saturated rings. The maximum atomic E-state index is 14.0. The van der Waals surface area contributed by atoms with Crippen molar-refractivity contribution < 1.29 is 13.9 Å². The van der Waals surface area contributed by atoms with Crippen molar-refractivity contribution in [1.82, 2.24) is 19.4 Å². The molecular weight excluding hydrogens is 447 g/mol. The van der Waals surface area contributed by atoms with Crippen LogP contribution in [0, 0.1) is 5.82 Å². The van der Waals surface area contributed by atoms with Crippen LogP contribution in [0.25, 0.3) is 16.7 Å². The van der Waals surface area contributed by atoms with E-state index in [1.165, 1.54) is 12.1 Å². The Hall–Kier alpha value is -3.62. The zero-order valence-electron chi connectivity index (χ0n) is 20.7. The van der Waals surface area contributed by atoms with Crippen LogP contribution in [0.3, 0.4) is 0 Å². The van der Waals surface area contributed by atoms with E-state index in [1.54, 1.807) is 17.3 Å². The van der Waals surface area contributed by atoms with Crippen LogP contribution in [0.5, 0.6) is 0 Å². The number of hydrogen-bond acceptors (Lipinski definition) is 6. The first-order valence-corrected chi connectivity index (χ1v) is 11.9. The summed E-state index contributed by atoms with van der Waals surface area (Å²) in [7, 11) is 0. The number of carbonyl (C=O) groups is 1. The lowest BCUT2D eigenvalue weighted by Gasteiger charge is -2.42. The Labute approximate surface area is 204 Å². The zero-order valence-corrected chi connectivity index (χ0v) is 20.7. The minimum atomic E-state index is -0.581. The van der Waals surface area contributed by atoms with Gasteiger partial charge in [0.1, 0.15) is 23.6 Å². The number of fused-ring (bicyclic) bond motifs is 1. The number of piperazine rings is 1. The van der Waals surface area contributed by atoms with Crippen molar-refractivity contribution in [2.45, 2.75) is 45.8 Å². The van der Waals surface area contributed by atoms with Crippen molar-refractivity contribution in [2.24, 2.45) is 0 Å². The summed E-state index contributed by atoms with van der Waals surface area (Å²) in [5.41, 5.74) is 2.52. The van der Waals surface area contributed by atoms with E-state index in [1.807, 2.05) is 37.6 Å². The number of hydrogen-bond donors (Lipinski definition) is 0. The van der Waals surface area contributed by atoms with E-state index in [0.717, 1.165) is 42.0 Å². The number of nitrogens with zero attached hydrogens (tertiary/aromatic N) is 6. The Morgan fingerprint density at radius 3 is 2.66 bits per heavy atom. The highest BCUT2D eigenvalue weighted by Crippen LogP contribution is 2.39. The lowest BCUT2D eigenvalue weighted by Crippen LogP contribution is -2.53. The second-order valence-corrected chi connectivity index (χ2v) is 10.2. The van der Waals surface area contributed by atoms with Gasteiger partial charge < -0.3 is 14.5 Å². The molecule has 0 radical (unpaired) electrons. The molecule has 1 atom stereocenters. The summed E-state index contributed by atoms with van der Waals surface area (Å²) in [6.07, 6.45) is 4.30. The highest BCUT2D eigenvalue weighted by molar-refractivity contribution is 6.01. The minimum Gasteiger partial charge on any atom is -0.443 e. The van der Waals surface area contributed by atoms with Gasteiger partial charge in [0.2, 0.25) is 0 Å². The Balaban J connectivity index is 1.55. The van der Waals surface area contributed by atoms with E-state index in [-0.39, 0.29) is 18.0 Å². The van der Waals surface area contributed by atoms with Crippen molar-refractivity contribution >= 4 is 28.6 Å². The molecule has 2 aliphatic rings. The SMILES string of the molecule is C=C1CN(c2ncnc3c2c(N2CCC2)cn3-c2cccc(F)c2)[C@@H](C)CN1C(=O)OC(C)(C)C. The average molecular weight is 479 g/mol. The van der Waals surface area contributed by atoms with E-state index >= 15 is 0 Å². The maximum Gasteiger partial charge on any atom is 0.414 e. The standard InChI is InChI=1S/C26H31FN6O2/c1-17-14-32(25(34)35-26(3,4)5)18(2)13-31(17)23-22-21(30-10-7-11-30)15-33(24(22)29-16-28-23)20-9-6-8-19(27)12-20/h6,8-9,12,15-17H,2,7,10-11,13-14H2,1,3-5H3/t17-/m0/s1. The molecule has 9 heteroatoms. The summed E-state index contributed by atoms with van der Waals surface area (Å²) in [6, 6.07) is 6.47. The predicted octanol–water partition coefficient (Wildman–Crippen LogP) is 4.73. The maximum absolute atomic E-state index is 14.0. The fourth-order valence-electron chi connectivity index (χ4n) is 4.60. The third-order valence-electron chi connectivity index (χ3n) is 6.43. The number of anilines is 2. The van der Waals surface area contributed by atoms with Gasteiger partial charge in [-0.3, -0.25) is 9.47 Å². The van der Waals surface area contributed by atoms with Crippen molar-refractivity contribution in [3.05, 3.63) is 54.9 Å². The molecule has 35 heavy (non-hydrogen) atoms. The number of rotatable bonds is 3. The average Bonchev–Trinajstić information content (AvgIpc) is 3.12. The van der Waals surface area contributed by atoms with Crippen LogP contribution in [0.2, 0.25) is 0 Å². The molecule has 1 amide bonds. The van der Waals surface area contributed by atoms with Crippen molar-refractivity contribution in [1.29, 1.82) is 0 Å². The number of ether oxygens (including phenoxy) is 1. The van der Waals surface area contributed by atoms with Crippen molar-refractivity contribution in [3.63, 3.8) is 0 Å². The second kappa shape index (κ2) is 8.55. The van der Waals surface area contributed by atoms with Gasteiger partial charge in [0, 0.05) is 43.3 Å². The smallest absolute Gasteiger partial charge is 0.414 e. The lowest BCUT2D eigenvalue weighted by molar-refractivity contribution is 0.0287. The highest BCUT2D eigenvalue weighted by Gasteiger charge is 2.35. The third kappa shape index (κ3) is 4.31. The van der Waals surface area contributed by atoms with Gasteiger partial charge in [0.05, 0.1) is 17.6 Å². The molecule has 0 spiro atoms. The van der Waals surface area contributed by atoms with Gasteiger partial charge in [-0.25, -0.2) is 19.2 Å². The highest BCUT2D eigenvalue weighted by atomic mass is 19.1. The van der Waals surface area contributed by atoms with Crippen LogP contribution in [-0.4, -0.2) is 63.4 Å². The molecule has 0 saturated carbocycles. The van der Waals surface area contributed by atoms with E-state index < -0.39 is 5.60 Å². The first-order chi connectivity index (χ1) is 16.6. The first kappa shape index (κ1) is 23.1. The molecule has 0 unspecified atom stereocenters. The number of amides is 1. The van der Waals surface area contributed by atoms with Gasteiger partial charge in [-0.2, -0.15) is 0 Å². The van der Waals surface area contributed by atoms with Crippen molar-refractivity contribution in [3.8, 4) is 5.69 Å². The monoisotopic (exact) mass is 478 g/mol. The van der Waals surface area contributed by atoms with E-state index in [9.17, 15) is 9.18 Å². The Bertz CT molecular complexity index is 1290. The van der Waals surface area contributed by atoms with Gasteiger partial charge in [0.15, 0.2) is 5.65 Å². The molecule has 2 aromatic heterocycles. The van der Waals surface area contributed by atoms with Gasteiger partial charge >= 0.3 is 6.09 Å². The molecule has 2 aliphatic heterocycles. The Kier molecular flexibility index (Phi) is 5.65. The van der Waals surface area contributed by atoms with Gasteiger partial charge in [0.25, 0.3) is 0 Å².